The Labute approximate surface area is 307 Å². The Morgan fingerprint density at radius 3 is 2.02 bits per heavy atom. The van der Waals surface area contributed by atoms with Crippen LogP contribution < -0.4 is 5.32 Å². The number of anilines is 1. The highest BCUT2D eigenvalue weighted by molar-refractivity contribution is 5.91. The maximum absolute atomic E-state index is 13.9. The van der Waals surface area contributed by atoms with Gasteiger partial charge in [-0.1, -0.05) is 38.9 Å². The summed E-state index contributed by atoms with van der Waals surface area (Å²) in [6.07, 6.45) is 8.63. The van der Waals surface area contributed by atoms with Crippen LogP contribution in [0.3, 0.4) is 0 Å². The average Bonchev–Trinajstić information content (AvgIpc) is 3.48. The minimum Gasteiger partial charge on any atom is -0.371 e. The Bertz CT molecular complexity index is 1590. The van der Waals surface area contributed by atoms with Crippen LogP contribution in [0, 0.1) is 53.2 Å². The summed E-state index contributed by atoms with van der Waals surface area (Å²) in [5.41, 5.74) is -0.854. The quantitative estimate of drug-likeness (QED) is 0.139. The van der Waals surface area contributed by atoms with Crippen LogP contribution in [0.5, 0.6) is 0 Å². The molecule has 286 valence electrons. The summed E-state index contributed by atoms with van der Waals surface area (Å²) in [4.78, 5) is 44.5. The van der Waals surface area contributed by atoms with E-state index >= 15 is 0 Å². The van der Waals surface area contributed by atoms with Crippen molar-refractivity contribution in [2.45, 2.75) is 159 Å². The number of halogens is 1. The fourth-order valence-electron chi connectivity index (χ4n) is 12.8. The third kappa shape index (κ3) is 5.45. The lowest BCUT2D eigenvalue weighted by molar-refractivity contribution is -0.487. The highest BCUT2D eigenvalue weighted by Crippen LogP contribution is 2.63. The van der Waals surface area contributed by atoms with Crippen molar-refractivity contribution in [1.29, 1.82) is 0 Å². The van der Waals surface area contributed by atoms with Gasteiger partial charge in [0.2, 0.25) is 0 Å². The summed E-state index contributed by atoms with van der Waals surface area (Å²) in [5.74, 6) is 1.90. The third-order valence-corrected chi connectivity index (χ3v) is 15.6. The number of hydrogen-bond acceptors (Lipinski definition) is 9. The molecule has 1 aromatic rings. The zero-order valence-corrected chi connectivity index (χ0v) is 31.6. The molecule has 1 aromatic carbocycles. The molecule has 0 aromatic heterocycles. The van der Waals surface area contributed by atoms with Gasteiger partial charge in [-0.05, 0) is 131 Å². The molecule has 52 heavy (non-hydrogen) atoms. The number of benzene rings is 1. The van der Waals surface area contributed by atoms with E-state index in [-0.39, 0.29) is 42.0 Å². The second kappa shape index (κ2) is 12.7. The molecule has 10 fully saturated rings. The molecule has 1 N–H and O–H groups in total. The van der Waals surface area contributed by atoms with Crippen LogP contribution in [-0.2, 0) is 33.9 Å². The predicted molar refractivity (Wildman–Crippen MR) is 189 cm³/mol. The minimum atomic E-state index is -0.785. The van der Waals surface area contributed by atoms with Gasteiger partial charge in [-0.3, -0.25) is 10.2 Å². The fourth-order valence-corrected chi connectivity index (χ4v) is 12.8. The summed E-state index contributed by atoms with van der Waals surface area (Å²) in [6, 6.07) is 5.73. The normalized spacial score (nSPS) is 50.7. The second-order valence-corrected chi connectivity index (χ2v) is 18.7. The van der Waals surface area contributed by atoms with Gasteiger partial charge < -0.3 is 9.47 Å². The molecule has 6 heterocycles. The smallest absolute Gasteiger partial charge is 0.371 e. The Kier molecular flexibility index (Phi) is 8.68. The van der Waals surface area contributed by atoms with Crippen LogP contribution in [0.15, 0.2) is 29.4 Å². The number of hydrogen-bond donors (Lipinski definition) is 1. The van der Waals surface area contributed by atoms with Gasteiger partial charge in [0.1, 0.15) is 34.3 Å². The SMILES string of the molecule is C[C@H]1[C@@H](/C(C[C@H]2O[C@@H]3C[C@]4(C)CC[C@H]5[C@H](C)CC[C@@H]([C@H]2C)[C@@]35OO4)=N\OC(=O)Nc2cccc(F)c2)O[C@@H]2C[C@]3(C)CC[C@H]4[C@H](C)CC[C@@H]1[C@@]24OO3. The topological polar surface area (TPSA) is 106 Å². The second-order valence-electron chi connectivity index (χ2n) is 18.7. The molecule has 6 saturated heterocycles. The van der Waals surface area contributed by atoms with E-state index in [0.717, 1.165) is 64.2 Å². The molecule has 2 spiro atoms. The van der Waals surface area contributed by atoms with Gasteiger partial charge in [-0.2, -0.15) is 0 Å². The monoisotopic (exact) mass is 724 g/mol. The number of ether oxygens (including phenoxy) is 2. The average molecular weight is 725 g/mol. The first-order valence-electron chi connectivity index (χ1n) is 20.2. The van der Waals surface area contributed by atoms with Crippen molar-refractivity contribution in [3.05, 3.63) is 30.1 Å². The molecule has 4 bridgehead atoms. The van der Waals surface area contributed by atoms with Gasteiger partial charge in [0.15, 0.2) is 0 Å². The van der Waals surface area contributed by atoms with Gasteiger partial charge in [-0.15, -0.1) is 0 Å². The lowest BCUT2D eigenvalue weighted by Gasteiger charge is -2.62. The summed E-state index contributed by atoms with van der Waals surface area (Å²) < 4.78 is 28.4. The number of oxime groups is 1. The molecule has 4 saturated carbocycles. The van der Waals surface area contributed by atoms with Crippen LogP contribution in [-0.4, -0.2) is 58.6 Å². The number of amides is 1. The number of fused-ring (bicyclic) bond motifs is 4. The van der Waals surface area contributed by atoms with Crippen molar-refractivity contribution in [2.24, 2.45) is 52.5 Å². The van der Waals surface area contributed by atoms with E-state index in [1.165, 1.54) is 12.1 Å². The summed E-state index contributed by atoms with van der Waals surface area (Å²) in [7, 11) is 0. The van der Waals surface area contributed by atoms with E-state index in [9.17, 15) is 9.18 Å². The zero-order chi connectivity index (χ0) is 36.2. The van der Waals surface area contributed by atoms with Gasteiger partial charge in [0.25, 0.3) is 0 Å². The van der Waals surface area contributed by atoms with E-state index in [1.54, 1.807) is 12.1 Å². The molecule has 10 aliphatic rings. The lowest BCUT2D eigenvalue weighted by atomic mass is 9.55. The Balaban J connectivity index is 1.05. The molecule has 0 radical (unpaired) electrons. The Morgan fingerprint density at radius 2 is 1.40 bits per heavy atom. The van der Waals surface area contributed by atoms with E-state index in [4.69, 9.17) is 33.9 Å². The van der Waals surface area contributed by atoms with Gasteiger partial charge >= 0.3 is 6.09 Å². The fraction of sp³-hybridized carbons (Fsp3) is 0.805. The first kappa shape index (κ1) is 35.5. The maximum atomic E-state index is 13.9. The van der Waals surface area contributed by atoms with Crippen LogP contribution in [0.2, 0.25) is 0 Å². The number of carbonyl (C=O) groups excluding carboxylic acids is 1. The molecular formula is C41H57FN2O8. The van der Waals surface area contributed by atoms with Crippen LogP contribution in [0.4, 0.5) is 14.9 Å². The lowest BCUT2D eigenvalue weighted by Crippen LogP contribution is -2.71. The number of nitrogens with one attached hydrogen (secondary N) is 1. The first-order valence-corrected chi connectivity index (χ1v) is 20.2. The van der Waals surface area contributed by atoms with Crippen molar-refractivity contribution < 1.29 is 43.0 Å². The molecule has 1 amide bonds. The van der Waals surface area contributed by atoms with E-state index in [1.807, 2.05) is 0 Å². The van der Waals surface area contributed by atoms with Crippen molar-refractivity contribution in [3.63, 3.8) is 0 Å². The first-order chi connectivity index (χ1) is 24.8. The number of carbonyl (C=O) groups is 1. The van der Waals surface area contributed by atoms with Gasteiger partial charge in [-0.25, -0.2) is 28.7 Å². The minimum absolute atomic E-state index is 0.0145. The van der Waals surface area contributed by atoms with E-state index < -0.39 is 40.4 Å². The van der Waals surface area contributed by atoms with Gasteiger partial charge in [0, 0.05) is 24.9 Å². The molecule has 11 heteroatoms. The zero-order valence-electron chi connectivity index (χ0n) is 31.6. The molecule has 11 rings (SSSR count). The molecule has 16 atom stereocenters. The molecular weight excluding hydrogens is 667 g/mol. The molecule has 0 unspecified atom stereocenters. The van der Waals surface area contributed by atoms with Crippen LogP contribution in [0.25, 0.3) is 0 Å². The van der Waals surface area contributed by atoms with Crippen molar-refractivity contribution in [2.75, 3.05) is 5.32 Å². The standard InChI is InChI=1S/C41H57FN2O8/c1-22-10-12-30-24(3)33(46-34-20-38(5)16-14-28(22)40(30,34)51-49-38)19-32(44-48-37(45)43-27-9-7-8-26(42)18-27)36-25(4)31-13-11-23(2)29-15-17-39(6)21-35(47-36)41(29,31)52-50-39/h7-9,18,22-25,28-31,33-36H,10-17,19-21H2,1-6H3,(H,43,45)/b44-32-/t22-,23-,24-,25-,28+,29+,30+,31+,33-,34-,35-,36+,38+,39+,40-,41-/m1/s1. The Hall–Kier alpha value is -2.15. The number of rotatable bonds is 5. The highest BCUT2D eigenvalue weighted by Gasteiger charge is 2.70. The predicted octanol–water partition coefficient (Wildman–Crippen LogP) is 8.54. The molecule has 4 aliphatic carbocycles. The maximum Gasteiger partial charge on any atom is 0.437 e. The van der Waals surface area contributed by atoms with Crippen LogP contribution in [0.1, 0.15) is 112 Å². The van der Waals surface area contributed by atoms with E-state index in [0.29, 0.717) is 41.5 Å². The third-order valence-electron chi connectivity index (χ3n) is 15.6. The summed E-state index contributed by atoms with van der Waals surface area (Å²) in [6.45, 7) is 13.5. The van der Waals surface area contributed by atoms with Gasteiger partial charge in [0.05, 0.1) is 24.0 Å². The summed E-state index contributed by atoms with van der Waals surface area (Å²) in [5, 5.41) is 7.29. The van der Waals surface area contributed by atoms with Crippen molar-refractivity contribution in [3.8, 4) is 0 Å². The van der Waals surface area contributed by atoms with E-state index in [2.05, 4.69) is 52.0 Å². The van der Waals surface area contributed by atoms with Crippen molar-refractivity contribution >= 4 is 17.5 Å². The number of nitrogens with zero attached hydrogens (tertiary/aromatic N) is 1. The summed E-state index contributed by atoms with van der Waals surface area (Å²) >= 11 is 0. The van der Waals surface area contributed by atoms with Crippen molar-refractivity contribution in [1.82, 2.24) is 0 Å². The molecule has 10 nitrogen and oxygen atoms in total. The van der Waals surface area contributed by atoms with Crippen LogP contribution >= 0.6 is 0 Å². The molecule has 6 aliphatic heterocycles. The Morgan fingerprint density at radius 1 is 0.808 bits per heavy atom. The largest absolute Gasteiger partial charge is 0.437 e. The highest BCUT2D eigenvalue weighted by atomic mass is 19.1.